The van der Waals surface area contributed by atoms with Gasteiger partial charge in [0.1, 0.15) is 11.9 Å². The van der Waals surface area contributed by atoms with Crippen LogP contribution in [0.1, 0.15) is 40.1 Å². The first-order valence-electron chi connectivity index (χ1n) is 13.2. The Kier molecular flexibility index (Phi) is 8.69. The van der Waals surface area contributed by atoms with Crippen LogP contribution in [0.3, 0.4) is 0 Å². The third kappa shape index (κ3) is 5.93. The summed E-state index contributed by atoms with van der Waals surface area (Å²) in [5.74, 6) is 0.274. The first-order valence-corrected chi connectivity index (χ1v) is 14.3. The van der Waals surface area contributed by atoms with Crippen LogP contribution >= 0.6 is 34.8 Å². The molecule has 4 aromatic rings. The molecule has 0 radical (unpaired) electrons. The lowest BCUT2D eigenvalue weighted by Crippen LogP contribution is -2.31. The molecule has 1 fully saturated rings. The molecule has 9 heteroatoms. The van der Waals surface area contributed by atoms with Gasteiger partial charge >= 0.3 is 12.1 Å². The number of nitrogens with zero attached hydrogens (tertiary/aromatic N) is 1. The maximum absolute atomic E-state index is 13.1. The maximum Gasteiger partial charge on any atom is 0.411 e. The topological polar surface area (TPSA) is 65.1 Å². The molecule has 42 heavy (non-hydrogen) atoms. The predicted octanol–water partition coefficient (Wildman–Crippen LogP) is 9.17. The Labute approximate surface area is 259 Å². The smallest absolute Gasteiger partial charge is 0.411 e. The fraction of sp³-hybridized carbons (Fsp3) is 0.212. The number of hydrogen-bond acceptors (Lipinski definition) is 5. The van der Waals surface area contributed by atoms with Gasteiger partial charge in [-0.25, -0.2) is 9.59 Å². The normalized spacial score (nSPS) is 16.4. The molecular formula is C33H28Cl3NO5. The van der Waals surface area contributed by atoms with E-state index in [1.165, 1.54) is 7.11 Å². The van der Waals surface area contributed by atoms with E-state index in [9.17, 15) is 9.59 Å². The van der Waals surface area contributed by atoms with Crippen molar-refractivity contribution in [1.29, 1.82) is 0 Å². The van der Waals surface area contributed by atoms with E-state index < -0.39 is 12.2 Å². The van der Waals surface area contributed by atoms with Crippen molar-refractivity contribution < 1.29 is 23.8 Å². The van der Waals surface area contributed by atoms with Crippen molar-refractivity contribution in [3.8, 4) is 28.0 Å². The van der Waals surface area contributed by atoms with E-state index in [2.05, 4.69) is 0 Å². The van der Waals surface area contributed by atoms with Gasteiger partial charge in [0.25, 0.3) is 0 Å². The van der Waals surface area contributed by atoms with Gasteiger partial charge in [-0.05, 0) is 102 Å². The molecule has 5 rings (SSSR count). The van der Waals surface area contributed by atoms with Crippen LogP contribution in [-0.4, -0.2) is 37.2 Å². The largest absolute Gasteiger partial charge is 0.496 e. The summed E-state index contributed by atoms with van der Waals surface area (Å²) in [7, 11) is 2.98. The Hall–Kier alpha value is -3.71. The van der Waals surface area contributed by atoms with E-state index in [0.717, 1.165) is 38.9 Å². The zero-order valence-corrected chi connectivity index (χ0v) is 25.7. The van der Waals surface area contributed by atoms with E-state index in [1.807, 2.05) is 62.4 Å². The number of amides is 1. The molecule has 0 aliphatic carbocycles. The number of cyclic esters (lactones) is 1. The fourth-order valence-electron chi connectivity index (χ4n) is 5.36. The van der Waals surface area contributed by atoms with Crippen LogP contribution in [0.5, 0.6) is 5.75 Å². The molecule has 1 aliphatic rings. The lowest BCUT2D eigenvalue weighted by molar-refractivity contribution is 0.0600. The number of carbonyl (C=O) groups excluding carboxylic acids is 2. The van der Waals surface area contributed by atoms with Gasteiger partial charge in [0.2, 0.25) is 0 Å². The number of methoxy groups -OCH3 is 2. The van der Waals surface area contributed by atoms with Gasteiger partial charge in [-0.1, -0.05) is 53.0 Å². The van der Waals surface area contributed by atoms with Crippen LogP contribution in [0, 0.1) is 6.92 Å². The van der Waals surface area contributed by atoms with Crippen LogP contribution in [0.15, 0.2) is 72.8 Å². The quantitative estimate of drug-likeness (QED) is 0.192. The highest BCUT2D eigenvalue weighted by Crippen LogP contribution is 2.41. The predicted molar refractivity (Wildman–Crippen MR) is 166 cm³/mol. The molecule has 4 aromatic carbocycles. The number of hydrogen-bond donors (Lipinski definition) is 0. The van der Waals surface area contributed by atoms with Crippen molar-refractivity contribution in [3.05, 3.63) is 110 Å². The van der Waals surface area contributed by atoms with Crippen LogP contribution in [0.25, 0.3) is 22.3 Å². The SMILES string of the molecule is COC(=O)c1ccc(-c2ccc(OC)c(-c3ccc(Cl)cc3CN3C(=O)O[C@H](c4cc(Cl)cc(Cl)c4)C3C)c2)c(C)c1. The Bertz CT molecular complexity index is 1670. The number of ether oxygens (including phenoxy) is 3. The molecule has 1 amide bonds. The monoisotopic (exact) mass is 623 g/mol. The Balaban J connectivity index is 1.52. The average molecular weight is 625 g/mol. The van der Waals surface area contributed by atoms with Crippen molar-refractivity contribution >= 4 is 46.9 Å². The number of rotatable bonds is 7. The molecular weight excluding hydrogens is 597 g/mol. The summed E-state index contributed by atoms with van der Waals surface area (Å²) >= 11 is 18.9. The van der Waals surface area contributed by atoms with Crippen molar-refractivity contribution in [3.63, 3.8) is 0 Å². The zero-order valence-electron chi connectivity index (χ0n) is 23.4. The molecule has 0 bridgehead atoms. The van der Waals surface area contributed by atoms with Gasteiger partial charge in [-0.15, -0.1) is 0 Å². The first-order chi connectivity index (χ1) is 20.1. The third-order valence-electron chi connectivity index (χ3n) is 7.46. The Morgan fingerprint density at radius 2 is 1.57 bits per heavy atom. The van der Waals surface area contributed by atoms with Crippen molar-refractivity contribution in [2.45, 2.75) is 32.5 Å². The molecule has 1 heterocycles. The fourth-order valence-corrected chi connectivity index (χ4v) is 6.09. The maximum atomic E-state index is 13.1. The number of carbonyl (C=O) groups is 2. The molecule has 1 saturated heterocycles. The number of benzene rings is 4. The summed E-state index contributed by atoms with van der Waals surface area (Å²) in [4.78, 5) is 26.8. The van der Waals surface area contributed by atoms with Gasteiger partial charge in [-0.3, -0.25) is 4.90 Å². The minimum Gasteiger partial charge on any atom is -0.496 e. The second kappa shape index (κ2) is 12.3. The molecule has 0 spiro atoms. The number of aryl methyl sites for hydroxylation is 1. The van der Waals surface area contributed by atoms with Crippen molar-refractivity contribution in [1.82, 2.24) is 4.90 Å². The van der Waals surface area contributed by atoms with Gasteiger partial charge in [0, 0.05) is 20.6 Å². The highest BCUT2D eigenvalue weighted by Gasteiger charge is 2.40. The van der Waals surface area contributed by atoms with Crippen molar-refractivity contribution in [2.75, 3.05) is 14.2 Å². The molecule has 0 N–H and O–H groups in total. The summed E-state index contributed by atoms with van der Waals surface area (Å²) in [6.07, 6.45) is -0.985. The lowest BCUT2D eigenvalue weighted by atomic mass is 9.92. The highest BCUT2D eigenvalue weighted by molar-refractivity contribution is 6.34. The number of esters is 1. The van der Waals surface area contributed by atoms with Crippen LogP contribution in [-0.2, 0) is 16.0 Å². The van der Waals surface area contributed by atoms with E-state index in [-0.39, 0.29) is 18.6 Å². The molecule has 0 saturated carbocycles. The molecule has 216 valence electrons. The van der Waals surface area contributed by atoms with Crippen LogP contribution in [0.2, 0.25) is 15.1 Å². The molecule has 1 aliphatic heterocycles. The van der Waals surface area contributed by atoms with E-state index in [0.29, 0.717) is 26.4 Å². The van der Waals surface area contributed by atoms with Gasteiger partial charge in [-0.2, -0.15) is 0 Å². The average Bonchev–Trinajstić information content (AvgIpc) is 3.24. The summed E-state index contributed by atoms with van der Waals surface area (Å²) in [6, 6.07) is 21.8. The van der Waals surface area contributed by atoms with Gasteiger partial charge in [0.15, 0.2) is 0 Å². The Morgan fingerprint density at radius 1 is 0.857 bits per heavy atom. The number of halogens is 3. The summed E-state index contributed by atoms with van der Waals surface area (Å²) in [6.45, 7) is 4.13. The highest BCUT2D eigenvalue weighted by atomic mass is 35.5. The van der Waals surface area contributed by atoms with E-state index >= 15 is 0 Å². The van der Waals surface area contributed by atoms with Crippen molar-refractivity contribution in [2.24, 2.45) is 0 Å². The molecule has 1 unspecified atom stereocenters. The van der Waals surface area contributed by atoms with E-state index in [1.54, 1.807) is 36.3 Å². The summed E-state index contributed by atoms with van der Waals surface area (Å²) < 4.78 is 16.4. The Morgan fingerprint density at radius 3 is 2.24 bits per heavy atom. The summed E-state index contributed by atoms with van der Waals surface area (Å²) in [5.41, 5.74) is 6.54. The standard InChI is InChI=1S/C33H28Cl3NO5/c1-18-11-21(32(38)41-4)5-8-27(18)20-6-10-30(40-3)29(15-20)28-9-7-24(34)14-23(28)17-37-19(2)31(42-33(37)39)22-12-25(35)16-26(36)13-22/h5-16,19,31H,17H2,1-4H3/t19?,31-/m0/s1. The third-order valence-corrected chi connectivity index (χ3v) is 8.13. The lowest BCUT2D eigenvalue weighted by Gasteiger charge is -2.23. The second-order valence-electron chi connectivity index (χ2n) is 10.1. The second-order valence-corrected chi connectivity index (χ2v) is 11.4. The first kappa shape index (κ1) is 29.8. The van der Waals surface area contributed by atoms with Gasteiger partial charge < -0.3 is 14.2 Å². The molecule has 6 nitrogen and oxygen atoms in total. The minimum atomic E-state index is -0.537. The molecule has 2 atom stereocenters. The van der Waals surface area contributed by atoms with Crippen LogP contribution < -0.4 is 4.74 Å². The minimum absolute atomic E-state index is 0.251. The van der Waals surface area contributed by atoms with Crippen LogP contribution in [0.4, 0.5) is 4.79 Å². The molecule has 0 aromatic heterocycles. The zero-order chi connectivity index (χ0) is 30.1. The summed E-state index contributed by atoms with van der Waals surface area (Å²) in [5, 5.41) is 1.48. The van der Waals surface area contributed by atoms with E-state index in [4.69, 9.17) is 49.0 Å². The van der Waals surface area contributed by atoms with Gasteiger partial charge in [0.05, 0.1) is 32.4 Å².